The summed E-state index contributed by atoms with van der Waals surface area (Å²) >= 11 is 1.54. The van der Waals surface area contributed by atoms with Crippen molar-refractivity contribution in [1.82, 2.24) is 20.0 Å². The fourth-order valence-corrected chi connectivity index (χ4v) is 5.04. The summed E-state index contributed by atoms with van der Waals surface area (Å²) in [5, 5.41) is 9.55. The molecule has 2 aromatic heterocycles. The average Bonchev–Trinajstić information content (AvgIpc) is 3.56. The summed E-state index contributed by atoms with van der Waals surface area (Å²) in [5.74, 6) is -0.266. The predicted octanol–water partition coefficient (Wildman–Crippen LogP) is 4.49. The van der Waals surface area contributed by atoms with Crippen LogP contribution in [0.2, 0.25) is 0 Å². The molecule has 1 N–H and O–H groups in total. The zero-order valence-corrected chi connectivity index (χ0v) is 20.7. The number of ether oxygens (including phenoxy) is 1. The van der Waals surface area contributed by atoms with E-state index in [1.807, 2.05) is 41.8 Å². The third kappa shape index (κ3) is 4.49. The van der Waals surface area contributed by atoms with Gasteiger partial charge in [-0.15, -0.1) is 11.3 Å². The summed E-state index contributed by atoms with van der Waals surface area (Å²) in [6.45, 7) is 2.37. The van der Waals surface area contributed by atoms with Crippen molar-refractivity contribution >= 4 is 23.2 Å². The highest BCUT2D eigenvalue weighted by atomic mass is 32.1. The van der Waals surface area contributed by atoms with E-state index in [1.54, 1.807) is 53.2 Å². The Morgan fingerprint density at radius 2 is 1.94 bits per heavy atom. The van der Waals surface area contributed by atoms with E-state index < -0.39 is 5.54 Å². The molecule has 184 valence electrons. The number of thiophene rings is 1. The van der Waals surface area contributed by atoms with Crippen molar-refractivity contribution < 1.29 is 18.7 Å². The number of fused-ring (bicyclic) bond motifs is 1. The van der Waals surface area contributed by atoms with Gasteiger partial charge in [-0.3, -0.25) is 14.3 Å². The lowest BCUT2D eigenvalue weighted by Gasteiger charge is -2.43. The molecule has 0 saturated carbocycles. The SMILES string of the molecule is COc1cccc(CN2C(=O)c3cc(-c4cccs4)nn3C[C@@]2(C)C(=O)NCc2ccc(F)cc2)c1. The molecule has 1 aliphatic heterocycles. The second-order valence-electron chi connectivity index (χ2n) is 8.88. The van der Waals surface area contributed by atoms with E-state index in [4.69, 9.17) is 4.74 Å². The van der Waals surface area contributed by atoms with Crippen molar-refractivity contribution in [2.24, 2.45) is 0 Å². The zero-order valence-electron chi connectivity index (χ0n) is 19.9. The smallest absolute Gasteiger partial charge is 0.273 e. The predicted molar refractivity (Wildman–Crippen MR) is 135 cm³/mol. The molecule has 0 bridgehead atoms. The minimum Gasteiger partial charge on any atom is -0.497 e. The molecule has 2 aromatic carbocycles. The second-order valence-corrected chi connectivity index (χ2v) is 9.82. The highest BCUT2D eigenvalue weighted by Crippen LogP contribution is 2.33. The van der Waals surface area contributed by atoms with Gasteiger partial charge in [0.1, 0.15) is 28.5 Å². The Morgan fingerprint density at radius 3 is 2.67 bits per heavy atom. The van der Waals surface area contributed by atoms with Gasteiger partial charge in [-0.1, -0.05) is 30.3 Å². The average molecular weight is 505 g/mol. The molecule has 1 aliphatic rings. The van der Waals surface area contributed by atoms with Crippen LogP contribution in [0.25, 0.3) is 10.6 Å². The minimum absolute atomic E-state index is 0.193. The van der Waals surface area contributed by atoms with Gasteiger partial charge in [-0.05, 0) is 59.8 Å². The highest BCUT2D eigenvalue weighted by Gasteiger charge is 2.48. The third-order valence-corrected chi connectivity index (χ3v) is 7.29. The number of amides is 2. The maximum Gasteiger partial charge on any atom is 0.273 e. The van der Waals surface area contributed by atoms with E-state index in [9.17, 15) is 14.0 Å². The Kier molecular flexibility index (Phi) is 6.32. The van der Waals surface area contributed by atoms with Gasteiger partial charge in [-0.2, -0.15) is 5.10 Å². The molecular weight excluding hydrogens is 479 g/mol. The number of carbonyl (C=O) groups excluding carboxylic acids is 2. The van der Waals surface area contributed by atoms with E-state index in [1.165, 1.54) is 12.1 Å². The monoisotopic (exact) mass is 504 g/mol. The van der Waals surface area contributed by atoms with Crippen LogP contribution in [-0.4, -0.2) is 39.1 Å². The molecule has 5 rings (SSSR count). The Bertz CT molecular complexity index is 1400. The molecular formula is C27H25FN4O3S. The van der Waals surface area contributed by atoms with Crippen molar-refractivity contribution in [3.8, 4) is 16.3 Å². The fraction of sp³-hybridized carbons (Fsp3) is 0.222. The van der Waals surface area contributed by atoms with Gasteiger partial charge in [0.25, 0.3) is 5.91 Å². The maximum absolute atomic E-state index is 13.8. The molecule has 0 radical (unpaired) electrons. The number of hydrogen-bond acceptors (Lipinski definition) is 5. The molecule has 0 unspecified atom stereocenters. The van der Waals surface area contributed by atoms with Crippen LogP contribution in [-0.2, 0) is 24.4 Å². The lowest BCUT2D eigenvalue weighted by molar-refractivity contribution is -0.133. The highest BCUT2D eigenvalue weighted by molar-refractivity contribution is 7.13. The number of nitrogens with one attached hydrogen (secondary N) is 1. The molecule has 0 spiro atoms. The topological polar surface area (TPSA) is 76.5 Å². The van der Waals surface area contributed by atoms with E-state index in [-0.39, 0.29) is 37.3 Å². The van der Waals surface area contributed by atoms with Crippen LogP contribution in [0.5, 0.6) is 5.75 Å². The first-order chi connectivity index (χ1) is 17.4. The number of methoxy groups -OCH3 is 1. The molecule has 1 atom stereocenters. The first kappa shape index (κ1) is 23.7. The quantitative estimate of drug-likeness (QED) is 0.402. The van der Waals surface area contributed by atoms with Gasteiger partial charge < -0.3 is 15.0 Å². The number of halogens is 1. The lowest BCUT2D eigenvalue weighted by atomic mass is 9.94. The van der Waals surface area contributed by atoms with Gasteiger partial charge >= 0.3 is 0 Å². The molecule has 7 nitrogen and oxygen atoms in total. The van der Waals surface area contributed by atoms with Crippen LogP contribution in [0, 0.1) is 5.82 Å². The first-order valence-electron chi connectivity index (χ1n) is 11.5. The first-order valence-corrected chi connectivity index (χ1v) is 12.3. The summed E-state index contributed by atoms with van der Waals surface area (Å²) in [5.41, 5.74) is 1.52. The van der Waals surface area contributed by atoms with Crippen LogP contribution in [0.4, 0.5) is 4.39 Å². The number of aromatic nitrogens is 2. The van der Waals surface area contributed by atoms with Gasteiger partial charge in [0, 0.05) is 13.1 Å². The normalized spacial score (nSPS) is 17.1. The van der Waals surface area contributed by atoms with Crippen molar-refractivity contribution in [2.75, 3.05) is 7.11 Å². The van der Waals surface area contributed by atoms with Crippen molar-refractivity contribution in [3.05, 3.63) is 94.7 Å². The lowest BCUT2D eigenvalue weighted by Crippen LogP contribution is -2.63. The van der Waals surface area contributed by atoms with E-state index in [0.717, 1.165) is 16.0 Å². The summed E-state index contributed by atoms with van der Waals surface area (Å²) in [4.78, 5) is 30.0. The van der Waals surface area contributed by atoms with Crippen LogP contribution in [0.15, 0.2) is 72.1 Å². The standard InChI is InChI=1S/C27H25FN4O3S/c1-27(26(34)29-15-18-8-10-20(28)11-9-18)17-32-23(14-22(30-32)24-7-4-12-36-24)25(33)31(27)16-19-5-3-6-21(13-19)35-2/h3-14H,15-17H2,1-2H3,(H,29,34)/t27-/m0/s1. The van der Waals surface area contributed by atoms with Gasteiger partial charge in [0.05, 0.1) is 18.5 Å². The second kappa shape index (κ2) is 9.58. The minimum atomic E-state index is -1.22. The largest absolute Gasteiger partial charge is 0.497 e. The van der Waals surface area contributed by atoms with Gasteiger partial charge in [0.15, 0.2) is 0 Å². The maximum atomic E-state index is 13.8. The summed E-state index contributed by atoms with van der Waals surface area (Å²) < 4.78 is 20.3. The fourth-order valence-electron chi connectivity index (χ4n) is 4.36. The van der Waals surface area contributed by atoms with Crippen molar-refractivity contribution in [2.45, 2.75) is 32.1 Å². The van der Waals surface area contributed by atoms with E-state index in [0.29, 0.717) is 17.1 Å². The molecule has 9 heteroatoms. The molecule has 0 saturated heterocycles. The number of rotatable bonds is 7. The molecule has 2 amide bonds. The summed E-state index contributed by atoms with van der Waals surface area (Å²) in [7, 11) is 1.59. The Balaban J connectivity index is 1.48. The van der Waals surface area contributed by atoms with E-state index >= 15 is 0 Å². The Morgan fingerprint density at radius 1 is 1.14 bits per heavy atom. The Labute approximate surface area is 212 Å². The molecule has 3 heterocycles. The number of hydrogen-bond donors (Lipinski definition) is 1. The Hall–Kier alpha value is -3.98. The van der Waals surface area contributed by atoms with Gasteiger partial charge in [0.2, 0.25) is 5.91 Å². The van der Waals surface area contributed by atoms with E-state index in [2.05, 4.69) is 10.4 Å². The number of nitrogens with zero attached hydrogens (tertiary/aromatic N) is 3. The molecule has 36 heavy (non-hydrogen) atoms. The molecule has 4 aromatic rings. The van der Waals surface area contributed by atoms with Crippen LogP contribution in [0.1, 0.15) is 28.5 Å². The molecule has 0 fully saturated rings. The number of benzene rings is 2. The number of carbonyl (C=O) groups is 2. The zero-order chi connectivity index (χ0) is 25.3. The molecule has 0 aliphatic carbocycles. The van der Waals surface area contributed by atoms with Crippen LogP contribution in [0.3, 0.4) is 0 Å². The van der Waals surface area contributed by atoms with Gasteiger partial charge in [-0.25, -0.2) is 4.39 Å². The van der Waals surface area contributed by atoms with Crippen LogP contribution >= 0.6 is 11.3 Å². The summed E-state index contributed by atoms with van der Waals surface area (Å²) in [6, 6.07) is 19.1. The van der Waals surface area contributed by atoms with Crippen LogP contribution < -0.4 is 10.1 Å². The van der Waals surface area contributed by atoms with Crippen molar-refractivity contribution in [3.63, 3.8) is 0 Å². The third-order valence-electron chi connectivity index (χ3n) is 6.40. The van der Waals surface area contributed by atoms with Crippen molar-refractivity contribution in [1.29, 1.82) is 0 Å². The summed E-state index contributed by atoms with van der Waals surface area (Å²) in [6.07, 6.45) is 0.